The van der Waals surface area contributed by atoms with Crippen molar-refractivity contribution in [1.29, 1.82) is 0 Å². The van der Waals surface area contributed by atoms with Gasteiger partial charge in [-0.25, -0.2) is 4.39 Å². The molecule has 0 fully saturated rings. The summed E-state index contributed by atoms with van der Waals surface area (Å²) < 4.78 is 19.3. The van der Waals surface area contributed by atoms with Gasteiger partial charge in [0.25, 0.3) is 0 Å². The van der Waals surface area contributed by atoms with Gasteiger partial charge in [-0.1, -0.05) is 18.2 Å². The molecule has 0 spiro atoms. The van der Waals surface area contributed by atoms with Gasteiger partial charge in [-0.05, 0) is 57.9 Å². The van der Waals surface area contributed by atoms with Crippen LogP contribution in [0.4, 0.5) is 4.39 Å². The van der Waals surface area contributed by atoms with Gasteiger partial charge in [-0.2, -0.15) is 0 Å². The van der Waals surface area contributed by atoms with Gasteiger partial charge >= 0.3 is 0 Å². The fraction of sp³-hybridized carbons (Fsp3) is 0.294. The van der Waals surface area contributed by atoms with Crippen LogP contribution in [0.25, 0.3) is 0 Å². The maximum Gasteiger partial charge on any atom is 0.141 e. The van der Waals surface area contributed by atoms with Crippen molar-refractivity contribution in [3.05, 3.63) is 62.9 Å². The molecule has 21 heavy (non-hydrogen) atoms. The zero-order valence-corrected chi connectivity index (χ0v) is 14.0. The maximum atomic E-state index is 13.6. The van der Waals surface area contributed by atoms with Crippen LogP contribution in [0.5, 0.6) is 5.75 Å². The molecule has 1 atom stereocenters. The highest BCUT2D eigenvalue weighted by Crippen LogP contribution is 2.39. The Labute approximate surface area is 137 Å². The first-order valence-electron chi connectivity index (χ1n) is 6.89. The van der Waals surface area contributed by atoms with E-state index in [9.17, 15) is 4.39 Å². The number of aryl methyl sites for hydroxylation is 2. The molecule has 0 aliphatic heterocycles. The smallest absolute Gasteiger partial charge is 0.141 e. The lowest BCUT2D eigenvalue weighted by Gasteiger charge is -2.16. The number of ether oxygens (including phenoxy) is 1. The van der Waals surface area contributed by atoms with Crippen LogP contribution in [0.2, 0.25) is 0 Å². The topological polar surface area (TPSA) is 9.23 Å². The van der Waals surface area contributed by atoms with Crippen molar-refractivity contribution in [3.8, 4) is 5.75 Å². The summed E-state index contributed by atoms with van der Waals surface area (Å²) in [4.78, 5) is 0. The van der Waals surface area contributed by atoms with E-state index in [0.717, 1.165) is 24.0 Å². The summed E-state index contributed by atoms with van der Waals surface area (Å²) in [6, 6.07) is 9.43. The van der Waals surface area contributed by atoms with Gasteiger partial charge in [0, 0.05) is 11.6 Å². The summed E-state index contributed by atoms with van der Waals surface area (Å²) in [5.41, 5.74) is 4.58. The van der Waals surface area contributed by atoms with Crippen LogP contribution in [-0.4, -0.2) is 7.11 Å². The third kappa shape index (κ3) is 2.82. The molecule has 2 aromatic rings. The van der Waals surface area contributed by atoms with Gasteiger partial charge in [0.05, 0.1) is 17.0 Å². The van der Waals surface area contributed by atoms with Crippen LogP contribution < -0.4 is 4.74 Å². The first-order chi connectivity index (χ1) is 10.1. The first-order valence-corrected chi connectivity index (χ1v) is 8.12. The fourth-order valence-electron chi connectivity index (χ4n) is 2.85. The van der Waals surface area contributed by atoms with E-state index in [-0.39, 0.29) is 11.2 Å². The molecular formula is C17H15BrClFO. The quantitative estimate of drug-likeness (QED) is 0.657. The molecule has 0 saturated carbocycles. The second kappa shape index (κ2) is 5.98. The molecule has 0 saturated heterocycles. The van der Waals surface area contributed by atoms with E-state index in [1.165, 1.54) is 30.7 Å². The Bertz CT molecular complexity index is 687. The molecule has 1 aliphatic rings. The van der Waals surface area contributed by atoms with Crippen LogP contribution in [0.1, 0.15) is 34.1 Å². The van der Waals surface area contributed by atoms with Crippen LogP contribution in [0.3, 0.4) is 0 Å². The molecular weight excluding hydrogens is 355 g/mol. The molecule has 0 radical (unpaired) electrons. The molecule has 0 amide bonds. The molecule has 1 aliphatic carbocycles. The van der Waals surface area contributed by atoms with E-state index < -0.39 is 0 Å². The van der Waals surface area contributed by atoms with Crippen LogP contribution in [-0.2, 0) is 12.8 Å². The predicted octanol–water partition coefficient (Wildman–Crippen LogP) is 5.41. The van der Waals surface area contributed by atoms with Crippen molar-refractivity contribution in [3.63, 3.8) is 0 Å². The highest BCUT2D eigenvalue weighted by molar-refractivity contribution is 9.10. The summed E-state index contributed by atoms with van der Waals surface area (Å²) in [6.07, 6.45) is 3.46. The maximum absolute atomic E-state index is 13.6. The molecule has 1 unspecified atom stereocenters. The predicted molar refractivity (Wildman–Crippen MR) is 86.8 cm³/mol. The van der Waals surface area contributed by atoms with Gasteiger partial charge in [0.15, 0.2) is 0 Å². The molecule has 2 aromatic carbocycles. The zero-order valence-electron chi connectivity index (χ0n) is 11.6. The highest BCUT2D eigenvalue weighted by atomic mass is 79.9. The summed E-state index contributed by atoms with van der Waals surface area (Å²) in [6.45, 7) is 0. The summed E-state index contributed by atoms with van der Waals surface area (Å²) in [5, 5.41) is -0.359. The number of fused-ring (bicyclic) bond motifs is 1. The monoisotopic (exact) mass is 368 g/mol. The lowest BCUT2D eigenvalue weighted by Crippen LogP contribution is -2.00. The lowest BCUT2D eigenvalue weighted by atomic mass is 9.99. The highest BCUT2D eigenvalue weighted by Gasteiger charge is 2.20. The second-order valence-corrected chi connectivity index (χ2v) is 6.54. The van der Waals surface area contributed by atoms with Crippen molar-refractivity contribution in [2.24, 2.45) is 0 Å². The Morgan fingerprint density at radius 2 is 1.95 bits per heavy atom. The summed E-state index contributed by atoms with van der Waals surface area (Å²) in [7, 11) is 1.53. The standard InChI is InChI=1S/C17H15BrClFO/c1-21-16-9-15(20)14(18)8-13(16)17(19)12-6-5-10-3-2-4-11(10)7-12/h5-9,17H,2-4H2,1H3. The molecule has 1 nitrogen and oxygen atoms in total. The van der Waals surface area contributed by atoms with Crippen LogP contribution >= 0.6 is 27.5 Å². The van der Waals surface area contributed by atoms with Gasteiger partial charge in [-0.3, -0.25) is 0 Å². The lowest BCUT2D eigenvalue weighted by molar-refractivity contribution is 0.406. The van der Waals surface area contributed by atoms with Crippen molar-refractivity contribution < 1.29 is 9.13 Å². The number of hydrogen-bond acceptors (Lipinski definition) is 1. The summed E-state index contributed by atoms with van der Waals surface area (Å²) in [5.74, 6) is 0.115. The molecule has 0 aromatic heterocycles. The van der Waals surface area contributed by atoms with Gasteiger partial charge in [0.1, 0.15) is 11.6 Å². The van der Waals surface area contributed by atoms with E-state index in [2.05, 4.69) is 34.1 Å². The fourth-order valence-corrected chi connectivity index (χ4v) is 3.52. The average Bonchev–Trinajstić information content (AvgIpc) is 2.96. The van der Waals surface area contributed by atoms with E-state index in [1.807, 2.05) is 0 Å². The summed E-state index contributed by atoms with van der Waals surface area (Å²) >= 11 is 9.83. The molecule has 0 N–H and O–H groups in total. The number of rotatable bonds is 3. The van der Waals surface area contributed by atoms with Gasteiger partial charge in [0.2, 0.25) is 0 Å². The second-order valence-electron chi connectivity index (χ2n) is 5.25. The van der Waals surface area contributed by atoms with Gasteiger partial charge < -0.3 is 4.74 Å². The first kappa shape index (κ1) is 14.9. The number of methoxy groups -OCH3 is 1. The third-order valence-electron chi connectivity index (χ3n) is 3.96. The van der Waals surface area contributed by atoms with E-state index in [4.69, 9.17) is 16.3 Å². The molecule has 0 heterocycles. The van der Waals surface area contributed by atoms with E-state index >= 15 is 0 Å². The third-order valence-corrected chi connectivity index (χ3v) is 5.06. The number of alkyl halides is 1. The van der Waals surface area contributed by atoms with Gasteiger partial charge in [-0.15, -0.1) is 11.6 Å². The van der Waals surface area contributed by atoms with Crippen molar-refractivity contribution >= 4 is 27.5 Å². The minimum absolute atomic E-state index is 0.353. The van der Waals surface area contributed by atoms with Crippen LogP contribution in [0.15, 0.2) is 34.8 Å². The van der Waals surface area contributed by atoms with E-state index in [0.29, 0.717) is 10.2 Å². The molecule has 3 rings (SSSR count). The Morgan fingerprint density at radius 1 is 1.19 bits per heavy atom. The van der Waals surface area contributed by atoms with Crippen molar-refractivity contribution in [2.45, 2.75) is 24.6 Å². The van der Waals surface area contributed by atoms with Crippen molar-refractivity contribution in [2.75, 3.05) is 7.11 Å². The average molecular weight is 370 g/mol. The Balaban J connectivity index is 2.02. The Hall–Kier alpha value is -1.06. The number of halogens is 3. The SMILES string of the molecule is COc1cc(F)c(Br)cc1C(Cl)c1ccc2c(c1)CCC2. The van der Waals surface area contributed by atoms with Crippen LogP contribution in [0, 0.1) is 5.82 Å². The minimum atomic E-state index is -0.359. The van der Waals surface area contributed by atoms with Crippen molar-refractivity contribution in [1.82, 2.24) is 0 Å². The number of hydrogen-bond donors (Lipinski definition) is 0. The minimum Gasteiger partial charge on any atom is -0.496 e. The molecule has 110 valence electrons. The normalized spacial score (nSPS) is 14.9. The Morgan fingerprint density at radius 3 is 2.71 bits per heavy atom. The Kier molecular flexibility index (Phi) is 4.23. The number of benzene rings is 2. The molecule has 4 heteroatoms. The molecule has 0 bridgehead atoms. The zero-order chi connectivity index (χ0) is 15.0. The van der Waals surface area contributed by atoms with E-state index in [1.54, 1.807) is 6.07 Å². The largest absolute Gasteiger partial charge is 0.496 e.